The zero-order chi connectivity index (χ0) is 20.5. The van der Waals surface area contributed by atoms with Crippen molar-refractivity contribution in [3.63, 3.8) is 0 Å². The minimum absolute atomic E-state index is 0.140. The molecular formula is C20H23FN2O5. The molecule has 0 aliphatic rings. The van der Waals surface area contributed by atoms with Gasteiger partial charge in [-0.3, -0.25) is 9.59 Å². The summed E-state index contributed by atoms with van der Waals surface area (Å²) >= 11 is 0. The van der Waals surface area contributed by atoms with Gasteiger partial charge in [0.05, 0.1) is 27.8 Å². The van der Waals surface area contributed by atoms with E-state index in [0.29, 0.717) is 28.4 Å². The van der Waals surface area contributed by atoms with E-state index in [2.05, 4.69) is 10.6 Å². The number of amides is 2. The van der Waals surface area contributed by atoms with E-state index in [1.165, 1.54) is 33.5 Å². The molecule has 150 valence electrons. The summed E-state index contributed by atoms with van der Waals surface area (Å²) in [6.45, 7) is 0.501. The SMILES string of the molecule is COc1cc(C(=O)NCCNC(=O)Cc2ccc(F)cc2)cc(OC)c1OC. The van der Waals surface area contributed by atoms with Gasteiger partial charge in [-0.2, -0.15) is 0 Å². The highest BCUT2D eigenvalue weighted by molar-refractivity contribution is 5.95. The molecule has 0 aliphatic heterocycles. The predicted molar refractivity (Wildman–Crippen MR) is 102 cm³/mol. The minimum Gasteiger partial charge on any atom is -0.493 e. The molecule has 0 aliphatic carbocycles. The lowest BCUT2D eigenvalue weighted by Crippen LogP contribution is -2.35. The molecule has 28 heavy (non-hydrogen) atoms. The number of benzene rings is 2. The van der Waals surface area contributed by atoms with Crippen LogP contribution in [0, 0.1) is 5.82 Å². The molecule has 0 aromatic heterocycles. The van der Waals surface area contributed by atoms with Crippen LogP contribution in [0.15, 0.2) is 36.4 Å². The van der Waals surface area contributed by atoms with Crippen LogP contribution in [0.25, 0.3) is 0 Å². The second-order valence-electron chi connectivity index (χ2n) is 5.82. The Hall–Kier alpha value is -3.29. The number of carbonyl (C=O) groups is 2. The van der Waals surface area contributed by atoms with E-state index in [0.717, 1.165) is 0 Å². The van der Waals surface area contributed by atoms with E-state index >= 15 is 0 Å². The highest BCUT2D eigenvalue weighted by atomic mass is 19.1. The van der Waals surface area contributed by atoms with Crippen LogP contribution in [0.5, 0.6) is 17.2 Å². The Morgan fingerprint density at radius 3 is 2.00 bits per heavy atom. The van der Waals surface area contributed by atoms with Crippen molar-refractivity contribution in [2.24, 2.45) is 0 Å². The minimum atomic E-state index is -0.348. The van der Waals surface area contributed by atoms with Crippen molar-refractivity contribution < 1.29 is 28.2 Å². The van der Waals surface area contributed by atoms with Crippen molar-refractivity contribution in [1.29, 1.82) is 0 Å². The largest absolute Gasteiger partial charge is 0.493 e. The Labute approximate surface area is 162 Å². The Balaban J connectivity index is 1.85. The molecule has 2 rings (SSSR count). The number of methoxy groups -OCH3 is 3. The van der Waals surface area contributed by atoms with Crippen LogP contribution in [0.2, 0.25) is 0 Å². The Morgan fingerprint density at radius 2 is 1.46 bits per heavy atom. The molecule has 0 radical (unpaired) electrons. The molecule has 0 fully saturated rings. The summed E-state index contributed by atoms with van der Waals surface area (Å²) in [5.41, 5.74) is 1.05. The van der Waals surface area contributed by atoms with E-state index in [1.807, 2.05) is 0 Å². The molecule has 0 saturated heterocycles. The maximum atomic E-state index is 12.9. The van der Waals surface area contributed by atoms with Crippen LogP contribution in [0.4, 0.5) is 4.39 Å². The highest BCUT2D eigenvalue weighted by Crippen LogP contribution is 2.38. The lowest BCUT2D eigenvalue weighted by molar-refractivity contribution is -0.120. The van der Waals surface area contributed by atoms with Gasteiger partial charge in [-0.05, 0) is 29.8 Å². The van der Waals surface area contributed by atoms with Crippen molar-refractivity contribution >= 4 is 11.8 Å². The van der Waals surface area contributed by atoms with Crippen molar-refractivity contribution in [3.05, 3.63) is 53.3 Å². The van der Waals surface area contributed by atoms with Crippen molar-refractivity contribution in [3.8, 4) is 17.2 Å². The first kappa shape index (κ1) is 21.0. The monoisotopic (exact) mass is 390 g/mol. The van der Waals surface area contributed by atoms with Crippen LogP contribution in [0.3, 0.4) is 0 Å². The lowest BCUT2D eigenvalue weighted by Gasteiger charge is -2.14. The molecular weight excluding hydrogens is 367 g/mol. The van der Waals surface area contributed by atoms with E-state index in [1.54, 1.807) is 24.3 Å². The molecule has 8 heteroatoms. The van der Waals surface area contributed by atoms with Gasteiger partial charge in [-0.1, -0.05) is 12.1 Å². The molecule has 2 aromatic carbocycles. The van der Waals surface area contributed by atoms with E-state index in [-0.39, 0.29) is 37.1 Å². The number of hydrogen-bond donors (Lipinski definition) is 2. The van der Waals surface area contributed by atoms with E-state index in [9.17, 15) is 14.0 Å². The van der Waals surface area contributed by atoms with Gasteiger partial charge in [0.1, 0.15) is 5.82 Å². The maximum absolute atomic E-state index is 12.9. The third-order valence-corrected chi connectivity index (χ3v) is 3.94. The Kier molecular flexibility index (Phi) is 7.62. The molecule has 0 spiro atoms. The van der Waals surface area contributed by atoms with Crippen LogP contribution < -0.4 is 24.8 Å². The number of rotatable bonds is 9. The van der Waals surface area contributed by atoms with Crippen molar-refractivity contribution in [2.45, 2.75) is 6.42 Å². The average Bonchev–Trinajstić information content (AvgIpc) is 2.71. The van der Waals surface area contributed by atoms with Crippen LogP contribution in [-0.4, -0.2) is 46.2 Å². The summed E-state index contributed by atoms with van der Waals surface area (Å²) in [6.07, 6.45) is 0.140. The van der Waals surface area contributed by atoms with Crippen LogP contribution in [-0.2, 0) is 11.2 Å². The van der Waals surface area contributed by atoms with Gasteiger partial charge in [0, 0.05) is 18.7 Å². The second kappa shape index (κ2) is 10.1. The molecule has 2 amide bonds. The molecule has 0 atom stereocenters. The third kappa shape index (κ3) is 5.60. The summed E-state index contributed by atoms with van der Waals surface area (Å²) in [5.74, 6) is 0.244. The van der Waals surface area contributed by atoms with Gasteiger partial charge in [-0.25, -0.2) is 4.39 Å². The predicted octanol–water partition coefficient (Wildman–Crippen LogP) is 1.94. The molecule has 0 saturated carbocycles. The van der Waals surface area contributed by atoms with Crippen molar-refractivity contribution in [1.82, 2.24) is 10.6 Å². The van der Waals surface area contributed by atoms with Gasteiger partial charge >= 0.3 is 0 Å². The third-order valence-electron chi connectivity index (χ3n) is 3.94. The number of ether oxygens (including phenoxy) is 3. The first-order chi connectivity index (χ1) is 13.5. The molecule has 0 bridgehead atoms. The smallest absolute Gasteiger partial charge is 0.251 e. The maximum Gasteiger partial charge on any atom is 0.251 e. The molecule has 2 N–H and O–H groups in total. The van der Waals surface area contributed by atoms with Crippen molar-refractivity contribution in [2.75, 3.05) is 34.4 Å². The highest BCUT2D eigenvalue weighted by Gasteiger charge is 2.16. The quantitative estimate of drug-likeness (QED) is 0.639. The summed E-state index contributed by atoms with van der Waals surface area (Å²) < 4.78 is 28.5. The summed E-state index contributed by atoms with van der Waals surface area (Å²) in [5, 5.41) is 5.41. The topological polar surface area (TPSA) is 85.9 Å². The van der Waals surface area contributed by atoms with E-state index in [4.69, 9.17) is 14.2 Å². The fourth-order valence-corrected chi connectivity index (χ4v) is 2.54. The van der Waals surface area contributed by atoms with Gasteiger partial charge in [0.15, 0.2) is 11.5 Å². The van der Waals surface area contributed by atoms with Gasteiger partial charge in [-0.15, -0.1) is 0 Å². The normalized spacial score (nSPS) is 10.1. The zero-order valence-corrected chi connectivity index (χ0v) is 16.0. The fraction of sp³-hybridized carbons (Fsp3) is 0.300. The first-order valence-corrected chi connectivity index (χ1v) is 8.57. The fourth-order valence-electron chi connectivity index (χ4n) is 2.54. The molecule has 0 heterocycles. The standard InChI is InChI=1S/C20H23FN2O5/c1-26-16-11-14(12-17(27-2)19(16)28-3)20(25)23-9-8-22-18(24)10-13-4-6-15(21)7-5-13/h4-7,11-12H,8-10H2,1-3H3,(H,22,24)(H,23,25). The Bertz CT molecular complexity index is 799. The molecule has 2 aromatic rings. The van der Waals surface area contributed by atoms with Gasteiger partial charge in [0.2, 0.25) is 11.7 Å². The zero-order valence-electron chi connectivity index (χ0n) is 16.0. The average molecular weight is 390 g/mol. The van der Waals surface area contributed by atoms with Gasteiger partial charge in [0.25, 0.3) is 5.91 Å². The summed E-state index contributed by atoms with van der Waals surface area (Å²) in [4.78, 5) is 24.2. The summed E-state index contributed by atoms with van der Waals surface area (Å²) in [7, 11) is 4.42. The van der Waals surface area contributed by atoms with Gasteiger partial charge < -0.3 is 24.8 Å². The van der Waals surface area contributed by atoms with Crippen LogP contribution in [0.1, 0.15) is 15.9 Å². The number of hydrogen-bond acceptors (Lipinski definition) is 5. The number of nitrogens with one attached hydrogen (secondary N) is 2. The Morgan fingerprint density at radius 1 is 0.893 bits per heavy atom. The van der Waals surface area contributed by atoms with Crippen LogP contribution >= 0.6 is 0 Å². The number of halogens is 1. The number of carbonyl (C=O) groups excluding carboxylic acids is 2. The van der Waals surface area contributed by atoms with E-state index < -0.39 is 0 Å². The molecule has 7 nitrogen and oxygen atoms in total. The second-order valence-corrected chi connectivity index (χ2v) is 5.82. The first-order valence-electron chi connectivity index (χ1n) is 8.57. The molecule has 0 unspecified atom stereocenters. The lowest BCUT2D eigenvalue weighted by atomic mass is 10.1. The summed E-state index contributed by atoms with van der Waals surface area (Å²) in [6, 6.07) is 8.82.